The number of aromatic amines is 1. The van der Waals surface area contributed by atoms with E-state index >= 15 is 0 Å². The van der Waals surface area contributed by atoms with E-state index in [1.54, 1.807) is 0 Å². The van der Waals surface area contributed by atoms with E-state index < -0.39 is 6.29 Å². The number of thioether (sulfide) groups is 1. The average molecular weight is 356 g/mol. The number of aromatic nitrogens is 4. The summed E-state index contributed by atoms with van der Waals surface area (Å²) in [5.41, 5.74) is 2.12. The molecule has 0 fully saturated rings. The SMILES string of the molecule is Cn1ccc2ccc(-c3ccc(-c4nc(SCC(O)O)n[nH]4)o3)cc21. The average Bonchev–Trinajstić information content (AvgIpc) is 3.32. The molecule has 25 heavy (non-hydrogen) atoms. The molecule has 0 saturated heterocycles. The van der Waals surface area contributed by atoms with Crippen molar-refractivity contribution in [1.82, 2.24) is 19.7 Å². The molecular formula is C17H16N4O3S. The molecule has 1 aromatic carbocycles. The standard InChI is InChI=1S/C17H16N4O3S/c1-21-7-6-10-2-3-11(8-12(10)21)13-4-5-14(24-13)16-18-17(20-19-16)25-9-15(22)23/h2-8,15,22-23H,9H2,1H3,(H,18,19,20). The van der Waals surface area contributed by atoms with E-state index in [1.807, 2.05) is 31.4 Å². The van der Waals surface area contributed by atoms with Gasteiger partial charge in [-0.25, -0.2) is 0 Å². The van der Waals surface area contributed by atoms with Crippen LogP contribution in [0.3, 0.4) is 0 Å². The molecule has 0 aliphatic carbocycles. The Hall–Kier alpha value is -2.55. The molecule has 0 bridgehead atoms. The van der Waals surface area contributed by atoms with Gasteiger partial charge in [-0.2, -0.15) is 4.98 Å². The number of furan rings is 1. The molecule has 3 aromatic heterocycles. The molecule has 0 saturated carbocycles. The van der Waals surface area contributed by atoms with E-state index in [4.69, 9.17) is 14.6 Å². The van der Waals surface area contributed by atoms with Crippen LogP contribution in [-0.4, -0.2) is 42.0 Å². The lowest BCUT2D eigenvalue weighted by molar-refractivity contribution is -0.0186. The fraction of sp³-hybridized carbons (Fsp3) is 0.176. The van der Waals surface area contributed by atoms with Crippen molar-refractivity contribution in [1.29, 1.82) is 0 Å². The summed E-state index contributed by atoms with van der Waals surface area (Å²) in [6, 6.07) is 12.0. The number of nitrogens with one attached hydrogen (secondary N) is 1. The van der Waals surface area contributed by atoms with Gasteiger partial charge in [0.05, 0.1) is 5.75 Å². The molecule has 0 aliphatic heterocycles. The second kappa shape index (κ2) is 6.40. The quantitative estimate of drug-likeness (QED) is 0.375. The number of aliphatic hydroxyl groups excluding tert-OH is 1. The predicted molar refractivity (Wildman–Crippen MR) is 94.9 cm³/mol. The first-order valence-corrected chi connectivity index (χ1v) is 8.66. The molecule has 4 rings (SSSR count). The molecule has 3 heterocycles. The summed E-state index contributed by atoms with van der Waals surface area (Å²) in [6.45, 7) is 0. The highest BCUT2D eigenvalue weighted by molar-refractivity contribution is 7.99. The van der Waals surface area contributed by atoms with Gasteiger partial charge in [0.25, 0.3) is 0 Å². The molecule has 0 spiro atoms. The van der Waals surface area contributed by atoms with E-state index in [2.05, 4.69) is 37.9 Å². The Morgan fingerprint density at radius 2 is 2.04 bits per heavy atom. The van der Waals surface area contributed by atoms with Crippen LogP contribution in [0.4, 0.5) is 0 Å². The van der Waals surface area contributed by atoms with Crippen molar-refractivity contribution in [3.8, 4) is 22.9 Å². The summed E-state index contributed by atoms with van der Waals surface area (Å²) >= 11 is 1.15. The number of rotatable bonds is 5. The second-order valence-corrected chi connectivity index (χ2v) is 6.61. The highest BCUT2D eigenvalue weighted by Gasteiger charge is 2.13. The summed E-state index contributed by atoms with van der Waals surface area (Å²) in [6.07, 6.45) is 0.633. The number of hydrogen-bond donors (Lipinski definition) is 3. The fourth-order valence-electron chi connectivity index (χ4n) is 2.61. The number of aliphatic hydroxyl groups is 2. The molecule has 8 heteroatoms. The van der Waals surface area contributed by atoms with Gasteiger partial charge in [0, 0.05) is 24.3 Å². The normalized spacial score (nSPS) is 11.7. The number of fused-ring (bicyclic) bond motifs is 1. The molecule has 3 N–H and O–H groups in total. The third kappa shape index (κ3) is 3.19. The first-order chi connectivity index (χ1) is 12.1. The highest BCUT2D eigenvalue weighted by atomic mass is 32.2. The lowest BCUT2D eigenvalue weighted by atomic mass is 10.1. The van der Waals surface area contributed by atoms with Crippen molar-refractivity contribution >= 4 is 22.7 Å². The Bertz CT molecular complexity index is 1020. The van der Waals surface area contributed by atoms with Crippen molar-refractivity contribution in [2.75, 3.05) is 5.75 Å². The van der Waals surface area contributed by atoms with E-state index in [0.29, 0.717) is 16.7 Å². The minimum absolute atomic E-state index is 0.109. The van der Waals surface area contributed by atoms with Gasteiger partial charge in [0.2, 0.25) is 5.16 Å². The zero-order chi connectivity index (χ0) is 17.4. The van der Waals surface area contributed by atoms with E-state index in [0.717, 1.165) is 28.6 Å². The maximum atomic E-state index is 8.89. The van der Waals surface area contributed by atoms with E-state index in [1.165, 1.54) is 5.39 Å². The third-order valence-corrected chi connectivity index (χ3v) is 4.74. The van der Waals surface area contributed by atoms with Crippen molar-refractivity contribution in [3.05, 3.63) is 42.6 Å². The van der Waals surface area contributed by atoms with E-state index in [-0.39, 0.29) is 5.75 Å². The zero-order valence-electron chi connectivity index (χ0n) is 13.4. The fourth-order valence-corrected chi connectivity index (χ4v) is 3.17. The van der Waals surface area contributed by atoms with Crippen LogP contribution >= 0.6 is 11.8 Å². The predicted octanol–water partition coefficient (Wildman–Crippen LogP) is 2.63. The highest BCUT2D eigenvalue weighted by Crippen LogP contribution is 2.29. The van der Waals surface area contributed by atoms with Crippen LogP contribution in [0.1, 0.15) is 0 Å². The topological polar surface area (TPSA) is 100 Å². The maximum Gasteiger partial charge on any atom is 0.209 e. The van der Waals surface area contributed by atoms with Gasteiger partial charge in [0.1, 0.15) is 5.76 Å². The first-order valence-electron chi connectivity index (χ1n) is 7.67. The molecule has 0 radical (unpaired) electrons. The molecule has 0 aliphatic rings. The molecule has 128 valence electrons. The third-order valence-electron chi connectivity index (χ3n) is 3.84. The van der Waals surface area contributed by atoms with Gasteiger partial charge < -0.3 is 19.2 Å². The Kier molecular flexibility index (Phi) is 4.08. The summed E-state index contributed by atoms with van der Waals surface area (Å²) in [7, 11) is 2.01. The van der Waals surface area contributed by atoms with Gasteiger partial charge in [-0.1, -0.05) is 23.9 Å². The second-order valence-electron chi connectivity index (χ2n) is 5.62. The molecule has 0 amide bonds. The van der Waals surface area contributed by atoms with Gasteiger partial charge in [0.15, 0.2) is 17.9 Å². The summed E-state index contributed by atoms with van der Waals surface area (Å²) in [5.74, 6) is 1.93. The van der Waals surface area contributed by atoms with Gasteiger partial charge in [-0.05, 0) is 29.7 Å². The van der Waals surface area contributed by atoms with Gasteiger partial charge in [-0.3, -0.25) is 5.10 Å². The van der Waals surface area contributed by atoms with Crippen LogP contribution in [0.25, 0.3) is 33.8 Å². The number of nitrogens with zero attached hydrogens (tertiary/aromatic N) is 3. The summed E-state index contributed by atoms with van der Waals surface area (Å²) < 4.78 is 7.98. The lowest BCUT2D eigenvalue weighted by Crippen LogP contribution is -2.07. The number of H-pyrrole nitrogens is 1. The Labute approximate surface area is 147 Å². The first kappa shape index (κ1) is 15.9. The smallest absolute Gasteiger partial charge is 0.209 e. The van der Waals surface area contributed by atoms with Gasteiger partial charge >= 0.3 is 0 Å². The molecule has 0 unspecified atom stereocenters. The summed E-state index contributed by atoms with van der Waals surface area (Å²) in [5, 5.41) is 26.2. The Morgan fingerprint density at radius 3 is 2.88 bits per heavy atom. The monoisotopic (exact) mass is 356 g/mol. The van der Waals surface area contributed by atoms with Crippen molar-refractivity contribution in [3.63, 3.8) is 0 Å². The number of hydrogen-bond acceptors (Lipinski definition) is 6. The van der Waals surface area contributed by atoms with Crippen LogP contribution in [0.2, 0.25) is 0 Å². The molecule has 7 nitrogen and oxygen atoms in total. The molecule has 4 aromatic rings. The van der Waals surface area contributed by atoms with Crippen LogP contribution in [-0.2, 0) is 7.05 Å². The minimum Gasteiger partial charge on any atom is -0.453 e. The van der Waals surface area contributed by atoms with Crippen LogP contribution < -0.4 is 0 Å². The van der Waals surface area contributed by atoms with Crippen LogP contribution in [0.15, 0.2) is 52.2 Å². The molecule has 0 atom stereocenters. The number of aryl methyl sites for hydroxylation is 1. The minimum atomic E-state index is -1.39. The lowest BCUT2D eigenvalue weighted by Gasteiger charge is -2.00. The zero-order valence-corrected chi connectivity index (χ0v) is 14.2. The van der Waals surface area contributed by atoms with Crippen LogP contribution in [0.5, 0.6) is 0 Å². The number of benzene rings is 1. The van der Waals surface area contributed by atoms with Crippen molar-refractivity contribution in [2.24, 2.45) is 7.05 Å². The van der Waals surface area contributed by atoms with E-state index in [9.17, 15) is 0 Å². The largest absolute Gasteiger partial charge is 0.453 e. The molecular weight excluding hydrogens is 340 g/mol. The van der Waals surface area contributed by atoms with Crippen molar-refractivity contribution in [2.45, 2.75) is 11.4 Å². The maximum absolute atomic E-state index is 8.89. The Morgan fingerprint density at radius 1 is 1.20 bits per heavy atom. The van der Waals surface area contributed by atoms with Crippen LogP contribution in [0, 0.1) is 0 Å². The Balaban J connectivity index is 1.60. The van der Waals surface area contributed by atoms with Crippen molar-refractivity contribution < 1.29 is 14.6 Å². The summed E-state index contributed by atoms with van der Waals surface area (Å²) in [4.78, 5) is 4.29. The van der Waals surface area contributed by atoms with Gasteiger partial charge in [-0.15, -0.1) is 5.10 Å².